The van der Waals surface area contributed by atoms with Crippen LogP contribution in [-0.2, 0) is 4.79 Å². The number of benzene rings is 2. The predicted octanol–water partition coefficient (Wildman–Crippen LogP) is 4.26. The van der Waals surface area contributed by atoms with E-state index in [0.29, 0.717) is 16.8 Å². The van der Waals surface area contributed by atoms with E-state index in [1.807, 2.05) is 30.0 Å². The van der Waals surface area contributed by atoms with E-state index in [1.165, 1.54) is 13.3 Å². The smallest absolute Gasteiger partial charge is 0.254 e. The number of likely N-dealkylation sites (tertiary alicyclic amines) is 1. The molecule has 0 aromatic heterocycles. The zero-order valence-electron chi connectivity index (χ0n) is 17.8. The number of Topliss-reactive ketones (excluding diaryl/α,β-unsaturated/α-hetero) is 1. The number of hydrogen-bond donors (Lipinski definition) is 2. The Hall–Kier alpha value is -3.15. The van der Waals surface area contributed by atoms with Gasteiger partial charge in [-0.25, -0.2) is 0 Å². The lowest BCUT2D eigenvalue weighted by atomic mass is 10.0. The van der Waals surface area contributed by atoms with Crippen molar-refractivity contribution in [1.29, 1.82) is 0 Å². The second kappa shape index (κ2) is 9.57. The van der Waals surface area contributed by atoms with Gasteiger partial charge in [0.05, 0.1) is 6.54 Å². The number of aryl methyl sites for hydroxylation is 1. The fraction of sp³-hybridized carbons (Fsp3) is 0.375. The number of carbonyl (C=O) groups is 3. The average molecular weight is 408 g/mol. The first kappa shape index (κ1) is 21.6. The summed E-state index contributed by atoms with van der Waals surface area (Å²) < 4.78 is 0. The molecule has 2 amide bonds. The molecule has 1 aliphatic rings. The molecule has 2 aromatic rings. The van der Waals surface area contributed by atoms with E-state index in [0.717, 1.165) is 30.6 Å². The van der Waals surface area contributed by atoms with Gasteiger partial charge in [-0.1, -0.05) is 12.1 Å². The summed E-state index contributed by atoms with van der Waals surface area (Å²) in [7, 11) is 0. The van der Waals surface area contributed by atoms with Gasteiger partial charge in [0.15, 0.2) is 5.78 Å². The third kappa shape index (κ3) is 5.26. The van der Waals surface area contributed by atoms with Crippen molar-refractivity contribution in [3.05, 3.63) is 59.2 Å². The molecule has 1 unspecified atom stereocenters. The molecule has 0 radical (unpaired) electrons. The highest BCUT2D eigenvalue weighted by Crippen LogP contribution is 2.22. The molecule has 2 N–H and O–H groups in total. The van der Waals surface area contributed by atoms with Crippen LogP contribution in [0.15, 0.2) is 42.5 Å². The third-order valence-electron chi connectivity index (χ3n) is 5.53. The van der Waals surface area contributed by atoms with Crippen LogP contribution in [0.3, 0.4) is 0 Å². The summed E-state index contributed by atoms with van der Waals surface area (Å²) in [6.07, 6.45) is 3.28. The summed E-state index contributed by atoms with van der Waals surface area (Å²) in [6, 6.07) is 12.7. The number of nitrogens with one attached hydrogen (secondary N) is 2. The molecule has 1 fully saturated rings. The molecule has 158 valence electrons. The number of nitrogens with zero attached hydrogens (tertiary/aromatic N) is 1. The molecule has 0 saturated carbocycles. The van der Waals surface area contributed by atoms with E-state index in [1.54, 1.807) is 24.3 Å². The van der Waals surface area contributed by atoms with Crippen LogP contribution >= 0.6 is 0 Å². The number of piperidine rings is 1. The van der Waals surface area contributed by atoms with Gasteiger partial charge in [0, 0.05) is 35.1 Å². The lowest BCUT2D eigenvalue weighted by Gasteiger charge is -2.33. The number of amides is 2. The lowest BCUT2D eigenvalue weighted by molar-refractivity contribution is -0.114. The first-order valence-electron chi connectivity index (χ1n) is 10.4. The molecular formula is C24H29N3O3. The first-order valence-corrected chi connectivity index (χ1v) is 10.4. The Bertz CT molecular complexity index is 954. The monoisotopic (exact) mass is 407 g/mol. The van der Waals surface area contributed by atoms with Crippen molar-refractivity contribution in [2.75, 3.05) is 23.7 Å². The van der Waals surface area contributed by atoms with Crippen LogP contribution in [0.5, 0.6) is 0 Å². The lowest BCUT2D eigenvalue weighted by Crippen LogP contribution is -2.42. The van der Waals surface area contributed by atoms with E-state index in [2.05, 4.69) is 17.6 Å². The van der Waals surface area contributed by atoms with Crippen molar-refractivity contribution in [2.45, 2.75) is 46.1 Å². The number of hydrogen-bond acceptors (Lipinski definition) is 4. The molecule has 0 spiro atoms. The number of ketones is 1. The molecule has 1 saturated heterocycles. The molecule has 1 aliphatic heterocycles. The van der Waals surface area contributed by atoms with Crippen molar-refractivity contribution < 1.29 is 14.4 Å². The van der Waals surface area contributed by atoms with E-state index in [4.69, 9.17) is 0 Å². The maximum absolute atomic E-state index is 12.8. The highest BCUT2D eigenvalue weighted by Gasteiger charge is 2.24. The van der Waals surface area contributed by atoms with Crippen molar-refractivity contribution in [3.8, 4) is 0 Å². The van der Waals surface area contributed by atoms with Crippen LogP contribution in [0.2, 0.25) is 0 Å². The van der Waals surface area contributed by atoms with Crippen molar-refractivity contribution in [3.63, 3.8) is 0 Å². The van der Waals surface area contributed by atoms with Gasteiger partial charge in [0.1, 0.15) is 0 Å². The topological polar surface area (TPSA) is 78.5 Å². The normalized spacial score (nSPS) is 16.1. The minimum absolute atomic E-state index is 0.0477. The Morgan fingerprint density at radius 1 is 1.07 bits per heavy atom. The third-order valence-corrected chi connectivity index (χ3v) is 5.53. The molecule has 6 heteroatoms. The van der Waals surface area contributed by atoms with E-state index < -0.39 is 0 Å². The van der Waals surface area contributed by atoms with Gasteiger partial charge in [-0.3, -0.25) is 14.4 Å². The van der Waals surface area contributed by atoms with Gasteiger partial charge in [-0.2, -0.15) is 0 Å². The minimum atomic E-state index is -0.211. The highest BCUT2D eigenvalue weighted by molar-refractivity contribution is 5.98. The average Bonchev–Trinajstić information content (AvgIpc) is 2.73. The quantitative estimate of drug-likeness (QED) is 0.701. The van der Waals surface area contributed by atoms with Crippen molar-refractivity contribution >= 4 is 29.0 Å². The fourth-order valence-corrected chi connectivity index (χ4v) is 3.76. The molecule has 6 nitrogen and oxygen atoms in total. The molecule has 1 atom stereocenters. The van der Waals surface area contributed by atoms with E-state index in [9.17, 15) is 14.4 Å². The second-order valence-corrected chi connectivity index (χ2v) is 7.91. The summed E-state index contributed by atoms with van der Waals surface area (Å²) in [5.74, 6) is -0.189. The van der Waals surface area contributed by atoms with Crippen LogP contribution in [0.1, 0.15) is 59.4 Å². The van der Waals surface area contributed by atoms with E-state index >= 15 is 0 Å². The number of rotatable bonds is 6. The maximum atomic E-state index is 12.8. The number of carbonyl (C=O) groups excluding carboxylic acids is 3. The van der Waals surface area contributed by atoms with Gasteiger partial charge in [-0.05, 0) is 75.9 Å². The summed E-state index contributed by atoms with van der Waals surface area (Å²) in [5.41, 5.74) is 3.54. The highest BCUT2D eigenvalue weighted by atomic mass is 16.2. The maximum Gasteiger partial charge on any atom is 0.254 e. The molecule has 2 aromatic carbocycles. The SMILES string of the molecule is CC(=O)c1cccc(NC(=O)CNc2ccc(C(=O)N3CCCCC3C)cc2C)c1. The van der Waals surface area contributed by atoms with Crippen LogP contribution in [-0.4, -0.2) is 41.6 Å². The van der Waals surface area contributed by atoms with Crippen LogP contribution < -0.4 is 10.6 Å². The Kier molecular flexibility index (Phi) is 6.87. The molecule has 0 aliphatic carbocycles. The predicted molar refractivity (Wildman–Crippen MR) is 119 cm³/mol. The van der Waals surface area contributed by atoms with Gasteiger partial charge < -0.3 is 15.5 Å². The number of anilines is 2. The minimum Gasteiger partial charge on any atom is -0.376 e. The first-order chi connectivity index (χ1) is 14.3. The van der Waals surface area contributed by atoms with Gasteiger partial charge in [0.2, 0.25) is 5.91 Å². The zero-order chi connectivity index (χ0) is 21.7. The van der Waals surface area contributed by atoms with Crippen LogP contribution in [0.4, 0.5) is 11.4 Å². The largest absolute Gasteiger partial charge is 0.376 e. The van der Waals surface area contributed by atoms with Crippen molar-refractivity contribution in [2.24, 2.45) is 0 Å². The molecule has 3 rings (SSSR count). The Labute approximate surface area is 177 Å². The molecule has 0 bridgehead atoms. The fourth-order valence-electron chi connectivity index (χ4n) is 3.76. The summed E-state index contributed by atoms with van der Waals surface area (Å²) in [4.78, 5) is 38.5. The van der Waals surface area contributed by atoms with Gasteiger partial charge >= 0.3 is 0 Å². The summed E-state index contributed by atoms with van der Waals surface area (Å²) in [5, 5.41) is 5.91. The van der Waals surface area contributed by atoms with Crippen LogP contribution in [0.25, 0.3) is 0 Å². The Morgan fingerprint density at radius 3 is 2.57 bits per heavy atom. The Balaban J connectivity index is 1.59. The van der Waals surface area contributed by atoms with Gasteiger partial charge in [-0.15, -0.1) is 0 Å². The summed E-state index contributed by atoms with van der Waals surface area (Å²) >= 11 is 0. The zero-order valence-corrected chi connectivity index (χ0v) is 17.8. The van der Waals surface area contributed by atoms with Crippen LogP contribution in [0, 0.1) is 6.92 Å². The Morgan fingerprint density at radius 2 is 1.87 bits per heavy atom. The van der Waals surface area contributed by atoms with Gasteiger partial charge in [0.25, 0.3) is 5.91 Å². The second-order valence-electron chi connectivity index (χ2n) is 7.91. The standard InChI is InChI=1S/C24H29N3O3/c1-16-13-20(24(30)27-12-5-4-7-17(27)2)10-11-22(16)25-15-23(29)26-21-9-6-8-19(14-21)18(3)28/h6,8-11,13-14,17,25H,4-5,7,12,15H2,1-3H3,(H,26,29). The summed E-state index contributed by atoms with van der Waals surface area (Å²) in [6.45, 7) is 6.41. The molecular weight excluding hydrogens is 378 g/mol. The molecule has 30 heavy (non-hydrogen) atoms. The van der Waals surface area contributed by atoms with E-state index in [-0.39, 0.29) is 30.2 Å². The van der Waals surface area contributed by atoms with Crippen molar-refractivity contribution in [1.82, 2.24) is 4.90 Å². The molecule has 1 heterocycles.